The number of alkyl halides is 5. The van der Waals surface area contributed by atoms with Gasteiger partial charge in [-0.1, -0.05) is 0 Å². The average molecular weight is 755 g/mol. The van der Waals surface area contributed by atoms with Crippen LogP contribution in [0.15, 0.2) is 51.6 Å². The number of hydrogen-bond donors (Lipinski definition) is 0. The van der Waals surface area contributed by atoms with E-state index in [1.165, 1.54) is 17.8 Å². The van der Waals surface area contributed by atoms with Gasteiger partial charge in [0.25, 0.3) is 0 Å². The quantitative estimate of drug-likeness (QED) is 0.100. The molecule has 1 amide bonds. The van der Waals surface area contributed by atoms with Crippen LogP contribution in [0.2, 0.25) is 0 Å². The molecule has 1 aromatic heterocycles. The molecule has 6 nitrogen and oxygen atoms in total. The van der Waals surface area contributed by atoms with Crippen LogP contribution < -0.4 is 25.5 Å². The van der Waals surface area contributed by atoms with Gasteiger partial charge in [-0.05, 0) is 0 Å². The maximum atomic E-state index is 17.0. The van der Waals surface area contributed by atoms with E-state index in [2.05, 4.69) is 11.6 Å². The van der Waals surface area contributed by atoms with Crippen LogP contribution in [0.5, 0.6) is 0 Å². The molecule has 5 atom stereocenters. The summed E-state index contributed by atoms with van der Waals surface area (Å²) in [5.41, 5.74) is -2.74. The fourth-order valence-corrected chi connectivity index (χ4v) is 24.2. The Morgan fingerprint density at radius 1 is 1.30 bits per heavy atom. The second-order valence-corrected chi connectivity index (χ2v) is 22.3. The van der Waals surface area contributed by atoms with Crippen molar-refractivity contribution in [3.05, 3.63) is 64.6 Å². The molecule has 4 saturated heterocycles. The van der Waals surface area contributed by atoms with Gasteiger partial charge in [-0.3, -0.25) is 0 Å². The summed E-state index contributed by atoms with van der Waals surface area (Å²) in [6.07, 6.45) is -3.70. The van der Waals surface area contributed by atoms with Crippen molar-refractivity contribution < 1.29 is 55.7 Å². The molecule has 4 unspecified atom stereocenters. The fraction of sp³-hybridized carbons (Fsp3) is 0.393. The molecule has 4 bridgehead atoms. The standard InChI is InChI=1S/C28H23F6IN3O3S2/c1-3-21(39)37-14-8-27(31)9-20(37)35-43(27,12-14)25-17-7-18(28(32,33)34)22(16-5-4-13(29)6-19(16)30)24-23(17)38(26(40)36-25)15(10-41-2)11-42-24/h3-7,14-15,20H,1,8-12H2,2H3/q-1/t14?,15-,20?,27?/m0/s1. The van der Waals surface area contributed by atoms with E-state index < -0.39 is 84.3 Å². The number of halogens is 7. The van der Waals surface area contributed by atoms with Gasteiger partial charge < -0.3 is 0 Å². The second kappa shape index (κ2) is 9.88. The molecule has 0 aliphatic carbocycles. The summed E-state index contributed by atoms with van der Waals surface area (Å²) in [6.45, 7) is 3.62. The van der Waals surface area contributed by atoms with E-state index >= 15 is 8.78 Å². The number of piperidine rings is 1. The first-order valence-corrected chi connectivity index (χ1v) is 19.8. The molecule has 8 rings (SSSR count). The third-order valence-corrected chi connectivity index (χ3v) is 23.6. The van der Waals surface area contributed by atoms with Gasteiger partial charge in [0.2, 0.25) is 0 Å². The first-order valence-electron chi connectivity index (χ1n) is 13.2. The van der Waals surface area contributed by atoms with Crippen LogP contribution in [0, 0.1) is 11.6 Å². The summed E-state index contributed by atoms with van der Waals surface area (Å²) < 4.78 is 96.8. The van der Waals surface area contributed by atoms with Gasteiger partial charge >= 0.3 is 257 Å². The number of nitrogens with zero attached hydrogens (tertiary/aromatic N) is 3. The van der Waals surface area contributed by atoms with E-state index in [1.54, 1.807) is 4.90 Å². The van der Waals surface area contributed by atoms with Crippen molar-refractivity contribution in [3.8, 4) is 11.1 Å². The molecule has 3 aromatic rings. The summed E-state index contributed by atoms with van der Waals surface area (Å²) in [7, 11) is -1.08. The van der Waals surface area contributed by atoms with E-state index in [0.717, 1.165) is 30.0 Å². The molecule has 0 radical (unpaired) electrons. The summed E-state index contributed by atoms with van der Waals surface area (Å²) in [5.74, 6) is -2.08. The van der Waals surface area contributed by atoms with Crippen molar-refractivity contribution in [2.45, 2.75) is 50.1 Å². The molecule has 2 aromatic carbocycles. The number of aromatic nitrogens is 2. The van der Waals surface area contributed by atoms with Crippen LogP contribution in [0.25, 0.3) is 22.0 Å². The topological polar surface area (TPSA) is 64.4 Å². The third-order valence-electron chi connectivity index (χ3n) is 8.48. The Labute approximate surface area is 255 Å². The normalized spacial score (nSPS) is 30.8. The summed E-state index contributed by atoms with van der Waals surface area (Å²) >= 11 is -0.140. The fourth-order valence-electron chi connectivity index (χ4n) is 6.84. The van der Waals surface area contributed by atoms with Gasteiger partial charge in [0.05, 0.1) is 0 Å². The molecule has 43 heavy (non-hydrogen) atoms. The van der Waals surface area contributed by atoms with Gasteiger partial charge in [-0.25, -0.2) is 0 Å². The predicted molar refractivity (Wildman–Crippen MR) is 146 cm³/mol. The number of benzene rings is 2. The zero-order chi connectivity index (χ0) is 30.6. The Bertz CT molecular complexity index is 1780. The number of methoxy groups -OCH3 is 1. The Morgan fingerprint density at radius 3 is 2.72 bits per heavy atom. The number of ether oxygens (including phenoxy) is 1. The van der Waals surface area contributed by atoms with Crippen molar-refractivity contribution in [2.75, 3.05) is 25.2 Å². The average Bonchev–Trinajstić information content (AvgIpc) is 3.30. The monoisotopic (exact) mass is 754 g/mol. The van der Waals surface area contributed by atoms with Crippen molar-refractivity contribution in [1.82, 2.24) is 14.5 Å². The second-order valence-electron chi connectivity index (χ2n) is 10.9. The van der Waals surface area contributed by atoms with Crippen molar-refractivity contribution in [3.63, 3.8) is 0 Å². The molecular formula is C28H23F6IN3O3S2-. The summed E-state index contributed by atoms with van der Waals surface area (Å²) in [5, 5.41) is -1.69. The Balaban J connectivity index is 1.57. The summed E-state index contributed by atoms with van der Waals surface area (Å²) in [6, 6.07) is 2.16. The molecule has 0 saturated carbocycles. The summed E-state index contributed by atoms with van der Waals surface area (Å²) in [4.78, 5) is 32.5. The number of hydrogen-bond acceptors (Lipinski definition) is 5. The van der Waals surface area contributed by atoms with E-state index in [1.807, 2.05) is 0 Å². The number of thioether (sulfide) groups is 1. The number of carbonyl (C=O) groups excluding carboxylic acids is 1. The van der Waals surface area contributed by atoms with Gasteiger partial charge in [-0.2, -0.15) is 0 Å². The van der Waals surface area contributed by atoms with E-state index in [0.29, 0.717) is 6.07 Å². The zero-order valence-electron chi connectivity index (χ0n) is 22.4. The molecular weight excluding hydrogens is 731 g/mol. The molecule has 15 heteroatoms. The zero-order valence-corrected chi connectivity index (χ0v) is 26.2. The van der Waals surface area contributed by atoms with Gasteiger partial charge in [0.1, 0.15) is 0 Å². The van der Waals surface area contributed by atoms with E-state index in [-0.39, 0.29) is 61.7 Å². The molecule has 230 valence electrons. The van der Waals surface area contributed by atoms with Crippen LogP contribution >= 0.6 is 19.0 Å². The molecule has 5 aliphatic rings. The van der Waals surface area contributed by atoms with Gasteiger partial charge in [-0.15, -0.1) is 0 Å². The van der Waals surface area contributed by atoms with Crippen LogP contribution in [-0.2, 0) is 15.7 Å². The Morgan fingerprint density at radius 2 is 2.07 bits per heavy atom. The third kappa shape index (κ3) is 4.09. The SMILES string of the molecule is C=CC(=O)N1C2CC3(F)CC1[I-]S3(c1nc(=O)n3c4c(c(-c5ccc(F)cc5F)c(C(F)(F)F)cc14)SC[C@@H]3COC)C2. The minimum absolute atomic E-state index is 0.00603. The van der Waals surface area contributed by atoms with Crippen molar-refractivity contribution in [2.24, 2.45) is 0 Å². The Kier molecular flexibility index (Phi) is 6.77. The van der Waals surface area contributed by atoms with Crippen LogP contribution in [0.3, 0.4) is 0 Å². The van der Waals surface area contributed by atoms with Crippen LogP contribution in [0.1, 0.15) is 24.4 Å². The van der Waals surface area contributed by atoms with E-state index in [4.69, 9.17) is 4.74 Å². The molecule has 6 heterocycles. The maximum absolute atomic E-state index is 17.0. The number of carbonyl (C=O) groups is 1. The molecule has 0 spiro atoms. The molecule has 4 fully saturated rings. The molecule has 5 aliphatic heterocycles. The first kappa shape index (κ1) is 29.5. The van der Waals surface area contributed by atoms with Gasteiger partial charge in [0.15, 0.2) is 0 Å². The number of amides is 1. The first-order chi connectivity index (χ1) is 20.3. The molecule has 0 N–H and O–H groups in total. The number of rotatable bonds is 5. The van der Waals surface area contributed by atoms with Crippen molar-refractivity contribution in [1.29, 1.82) is 0 Å². The van der Waals surface area contributed by atoms with E-state index in [9.17, 15) is 27.2 Å². The van der Waals surface area contributed by atoms with Crippen molar-refractivity contribution >= 4 is 35.8 Å². The van der Waals surface area contributed by atoms with Crippen LogP contribution in [0.4, 0.5) is 26.3 Å². The predicted octanol–water partition coefficient (Wildman–Crippen LogP) is 3.02. The van der Waals surface area contributed by atoms with Crippen LogP contribution in [-0.4, -0.2) is 60.7 Å². The van der Waals surface area contributed by atoms with Gasteiger partial charge in [0, 0.05) is 0 Å². The minimum atomic E-state index is -4.97. The Hall–Kier alpha value is -2.24.